The smallest absolute Gasteiger partial charge is 0.370 e. The number of imidazole rings is 1. The van der Waals surface area contributed by atoms with Gasteiger partial charge in [0.2, 0.25) is 0 Å². The molecule has 2 heterocycles. The summed E-state index contributed by atoms with van der Waals surface area (Å²) in [5.41, 5.74) is 6.46. The number of nitrogens with one attached hydrogen (secondary N) is 2. The number of halogens is 3. The standard InChI is InChI=1S/C13H18F3N7/c14-13(15,16)8-19-12(17)21-11-4-6-23(22-11)5-2-1-3-10-7-18-9-20-10/h4,6-7,9H,1-3,5,8H2,(H,18,20)(H3,17,19,21,22). The van der Waals surface area contributed by atoms with Gasteiger partial charge in [0, 0.05) is 30.7 Å². The largest absolute Gasteiger partial charge is 0.408 e. The maximum Gasteiger partial charge on any atom is 0.408 e. The number of alkyl halides is 3. The van der Waals surface area contributed by atoms with Crippen LogP contribution < -0.4 is 11.1 Å². The van der Waals surface area contributed by atoms with Crippen LogP contribution in [0.4, 0.5) is 19.0 Å². The Labute approximate surface area is 130 Å². The van der Waals surface area contributed by atoms with Crippen molar-refractivity contribution in [3.63, 3.8) is 0 Å². The van der Waals surface area contributed by atoms with E-state index in [0.717, 1.165) is 25.0 Å². The van der Waals surface area contributed by atoms with E-state index in [-0.39, 0.29) is 5.96 Å². The summed E-state index contributed by atoms with van der Waals surface area (Å²) in [4.78, 5) is 10.2. The van der Waals surface area contributed by atoms with E-state index in [1.54, 1.807) is 29.5 Å². The average molecular weight is 329 g/mol. The molecule has 0 spiro atoms. The van der Waals surface area contributed by atoms with Gasteiger partial charge in [0.15, 0.2) is 11.8 Å². The van der Waals surface area contributed by atoms with Gasteiger partial charge < -0.3 is 16.0 Å². The van der Waals surface area contributed by atoms with Crippen molar-refractivity contribution in [3.8, 4) is 0 Å². The van der Waals surface area contributed by atoms with Crippen LogP contribution in [-0.2, 0) is 13.0 Å². The van der Waals surface area contributed by atoms with Crippen molar-refractivity contribution in [1.82, 2.24) is 19.7 Å². The van der Waals surface area contributed by atoms with E-state index in [0.29, 0.717) is 12.4 Å². The van der Waals surface area contributed by atoms with Crippen molar-refractivity contribution in [1.29, 1.82) is 0 Å². The van der Waals surface area contributed by atoms with Crippen LogP contribution in [0.2, 0.25) is 0 Å². The third-order valence-corrected chi connectivity index (χ3v) is 2.96. The van der Waals surface area contributed by atoms with E-state index in [4.69, 9.17) is 5.73 Å². The minimum Gasteiger partial charge on any atom is -0.370 e. The number of hydrogen-bond donors (Lipinski definition) is 3. The Bertz CT molecular complexity index is 616. The highest BCUT2D eigenvalue weighted by atomic mass is 19.4. The van der Waals surface area contributed by atoms with Gasteiger partial charge in [0.1, 0.15) is 6.54 Å². The molecule has 0 aliphatic rings. The second kappa shape index (κ2) is 7.65. The van der Waals surface area contributed by atoms with E-state index in [1.165, 1.54) is 0 Å². The molecule has 4 N–H and O–H groups in total. The molecule has 2 aromatic rings. The summed E-state index contributed by atoms with van der Waals surface area (Å²) in [6.07, 6.45) is 3.58. The highest BCUT2D eigenvalue weighted by molar-refractivity contribution is 5.91. The fourth-order valence-electron chi connectivity index (χ4n) is 1.91. The highest BCUT2D eigenvalue weighted by Gasteiger charge is 2.26. The predicted octanol–water partition coefficient (Wildman–Crippen LogP) is 1.92. The van der Waals surface area contributed by atoms with Gasteiger partial charge in [-0.15, -0.1) is 0 Å². The molecule has 10 heteroatoms. The SMILES string of the molecule is NC(=NCC(F)(F)F)Nc1ccn(CCCCc2cnc[nH]2)n1. The number of aryl methyl sites for hydroxylation is 2. The minimum absolute atomic E-state index is 0.313. The van der Waals surface area contributed by atoms with Crippen LogP contribution in [0.25, 0.3) is 0 Å². The molecule has 0 bridgehead atoms. The van der Waals surface area contributed by atoms with Gasteiger partial charge in [0.25, 0.3) is 0 Å². The molecule has 7 nitrogen and oxygen atoms in total. The lowest BCUT2D eigenvalue weighted by Crippen LogP contribution is -2.25. The summed E-state index contributed by atoms with van der Waals surface area (Å²) in [7, 11) is 0. The molecule has 0 atom stereocenters. The Hall–Kier alpha value is -2.52. The number of nitrogens with zero attached hydrogens (tertiary/aromatic N) is 4. The molecular weight excluding hydrogens is 311 g/mol. The van der Waals surface area contributed by atoms with Gasteiger partial charge >= 0.3 is 6.18 Å². The summed E-state index contributed by atoms with van der Waals surface area (Å²) in [5, 5.41) is 6.70. The van der Waals surface area contributed by atoms with E-state index in [9.17, 15) is 13.2 Å². The Morgan fingerprint density at radius 1 is 1.39 bits per heavy atom. The maximum atomic E-state index is 12.0. The van der Waals surface area contributed by atoms with Crippen molar-refractivity contribution in [2.45, 2.75) is 32.0 Å². The average Bonchev–Trinajstić information content (AvgIpc) is 3.12. The lowest BCUT2D eigenvalue weighted by Gasteiger charge is -2.05. The van der Waals surface area contributed by atoms with Gasteiger partial charge in [-0.05, 0) is 19.3 Å². The molecule has 0 aliphatic heterocycles. The van der Waals surface area contributed by atoms with Crippen molar-refractivity contribution >= 4 is 11.8 Å². The Kier molecular flexibility index (Phi) is 5.61. The first kappa shape index (κ1) is 16.8. The van der Waals surface area contributed by atoms with E-state index < -0.39 is 12.7 Å². The molecule has 0 aliphatic carbocycles. The molecular formula is C13H18F3N7. The summed E-state index contributed by atoms with van der Waals surface area (Å²) in [5.74, 6) is 0.0498. The zero-order valence-corrected chi connectivity index (χ0v) is 12.3. The van der Waals surface area contributed by atoms with Gasteiger partial charge in [-0.1, -0.05) is 0 Å². The molecule has 0 fully saturated rings. The number of anilines is 1. The number of H-pyrrole nitrogens is 1. The third kappa shape index (κ3) is 6.41. The number of nitrogens with two attached hydrogens (primary N) is 1. The molecule has 126 valence electrons. The van der Waals surface area contributed by atoms with Gasteiger partial charge in [-0.2, -0.15) is 18.3 Å². The van der Waals surface area contributed by atoms with Crippen LogP contribution in [0.3, 0.4) is 0 Å². The highest BCUT2D eigenvalue weighted by Crippen LogP contribution is 2.14. The molecule has 0 saturated heterocycles. The number of aliphatic imine (C=N–C) groups is 1. The van der Waals surface area contributed by atoms with E-state index >= 15 is 0 Å². The number of aromatic amines is 1. The summed E-state index contributed by atoms with van der Waals surface area (Å²) >= 11 is 0. The van der Waals surface area contributed by atoms with Crippen LogP contribution in [0, 0.1) is 0 Å². The van der Waals surface area contributed by atoms with Gasteiger partial charge in [-0.3, -0.25) is 4.68 Å². The van der Waals surface area contributed by atoms with Crippen molar-refractivity contribution in [2.24, 2.45) is 10.7 Å². The van der Waals surface area contributed by atoms with Crippen molar-refractivity contribution in [3.05, 3.63) is 30.5 Å². The summed E-state index contributed by atoms with van der Waals surface area (Å²) in [6.45, 7) is -0.616. The molecule has 0 radical (unpaired) electrons. The van der Waals surface area contributed by atoms with Gasteiger partial charge in [-0.25, -0.2) is 9.98 Å². The maximum absolute atomic E-state index is 12.0. The van der Waals surface area contributed by atoms with E-state index in [2.05, 4.69) is 25.4 Å². The van der Waals surface area contributed by atoms with Crippen LogP contribution in [0.5, 0.6) is 0 Å². The van der Waals surface area contributed by atoms with Crippen LogP contribution in [0.15, 0.2) is 29.8 Å². The minimum atomic E-state index is -4.37. The Morgan fingerprint density at radius 2 is 2.22 bits per heavy atom. The number of hydrogen-bond acceptors (Lipinski definition) is 3. The normalized spacial score (nSPS) is 12.6. The quantitative estimate of drug-likeness (QED) is 0.411. The molecule has 2 rings (SSSR count). The first-order valence-corrected chi connectivity index (χ1v) is 7.07. The summed E-state index contributed by atoms with van der Waals surface area (Å²) < 4.78 is 37.8. The number of aromatic nitrogens is 4. The summed E-state index contributed by atoms with van der Waals surface area (Å²) in [6, 6.07) is 1.63. The zero-order valence-electron chi connectivity index (χ0n) is 12.3. The fraction of sp³-hybridized carbons (Fsp3) is 0.462. The fourth-order valence-corrected chi connectivity index (χ4v) is 1.91. The monoisotopic (exact) mass is 329 g/mol. The first-order chi connectivity index (χ1) is 10.9. The number of unbranched alkanes of at least 4 members (excludes halogenated alkanes) is 1. The molecule has 0 amide bonds. The van der Waals surface area contributed by atoms with Crippen molar-refractivity contribution in [2.75, 3.05) is 11.9 Å². The molecule has 0 saturated carbocycles. The molecule has 2 aromatic heterocycles. The number of guanidine groups is 1. The predicted molar refractivity (Wildman–Crippen MR) is 79.9 cm³/mol. The first-order valence-electron chi connectivity index (χ1n) is 7.07. The van der Waals surface area contributed by atoms with Crippen LogP contribution in [0.1, 0.15) is 18.5 Å². The lowest BCUT2D eigenvalue weighted by molar-refractivity contribution is -0.118. The zero-order chi connectivity index (χ0) is 16.7. The topological polar surface area (TPSA) is 96.9 Å². The van der Waals surface area contributed by atoms with E-state index in [1.807, 2.05) is 0 Å². The Balaban J connectivity index is 1.72. The molecule has 0 aromatic carbocycles. The number of rotatable bonds is 7. The lowest BCUT2D eigenvalue weighted by atomic mass is 10.2. The Morgan fingerprint density at radius 3 is 2.91 bits per heavy atom. The van der Waals surface area contributed by atoms with Crippen LogP contribution >= 0.6 is 0 Å². The van der Waals surface area contributed by atoms with Crippen molar-refractivity contribution < 1.29 is 13.2 Å². The molecule has 0 unspecified atom stereocenters. The second-order valence-electron chi connectivity index (χ2n) is 4.94. The van der Waals surface area contributed by atoms with Crippen LogP contribution in [-0.4, -0.2) is 38.4 Å². The third-order valence-electron chi connectivity index (χ3n) is 2.96. The molecule has 23 heavy (non-hydrogen) atoms. The van der Waals surface area contributed by atoms with Gasteiger partial charge in [0.05, 0.1) is 6.33 Å². The second-order valence-corrected chi connectivity index (χ2v) is 4.94.